The van der Waals surface area contributed by atoms with Crippen LogP contribution in [0.25, 0.3) is 11.1 Å². The van der Waals surface area contributed by atoms with Crippen molar-refractivity contribution in [2.24, 2.45) is 0 Å². The van der Waals surface area contributed by atoms with Crippen molar-refractivity contribution in [1.82, 2.24) is 0 Å². The topological polar surface area (TPSA) is 55.8 Å². The van der Waals surface area contributed by atoms with Crippen LogP contribution in [0.5, 0.6) is 5.75 Å². The predicted octanol–water partition coefficient (Wildman–Crippen LogP) is 3.95. The minimum absolute atomic E-state index is 0.0348. The molecule has 0 saturated heterocycles. The standard InChI is InChI=1S/C22H26O4/c1-3-5-17-6-8-18(9-7-17)21-11-10-20(25-15-13-23)16-19(21)12-14-26-22(24)4-2/h4,6-11,16,23H,2-3,5,12-15H2,1H3. The summed E-state index contributed by atoms with van der Waals surface area (Å²) in [6.45, 7) is 6.06. The number of rotatable bonds is 10. The lowest BCUT2D eigenvalue weighted by atomic mass is 9.96. The molecule has 0 unspecified atom stereocenters. The van der Waals surface area contributed by atoms with Crippen LogP contribution in [0.4, 0.5) is 0 Å². The Morgan fingerprint density at radius 1 is 1.12 bits per heavy atom. The van der Waals surface area contributed by atoms with E-state index in [9.17, 15) is 4.79 Å². The quantitative estimate of drug-likeness (QED) is 0.518. The molecule has 0 aliphatic carbocycles. The van der Waals surface area contributed by atoms with E-state index in [1.54, 1.807) is 0 Å². The molecule has 138 valence electrons. The minimum Gasteiger partial charge on any atom is -0.491 e. The van der Waals surface area contributed by atoms with E-state index < -0.39 is 5.97 Å². The highest BCUT2D eigenvalue weighted by atomic mass is 16.5. The third kappa shape index (κ3) is 5.74. The highest BCUT2D eigenvalue weighted by Crippen LogP contribution is 2.28. The maximum absolute atomic E-state index is 11.3. The van der Waals surface area contributed by atoms with Gasteiger partial charge in [0, 0.05) is 12.5 Å². The number of carbonyl (C=O) groups is 1. The Hall–Kier alpha value is -2.59. The van der Waals surface area contributed by atoms with Crippen molar-refractivity contribution in [3.8, 4) is 16.9 Å². The average Bonchev–Trinajstić information content (AvgIpc) is 2.67. The molecule has 0 aliphatic heterocycles. The molecule has 0 saturated carbocycles. The lowest BCUT2D eigenvalue weighted by molar-refractivity contribution is -0.137. The molecule has 0 fully saturated rings. The van der Waals surface area contributed by atoms with Gasteiger partial charge in [0.1, 0.15) is 12.4 Å². The molecule has 4 heteroatoms. The molecule has 2 aromatic rings. The predicted molar refractivity (Wildman–Crippen MR) is 103 cm³/mol. The van der Waals surface area contributed by atoms with Crippen LogP contribution in [0.15, 0.2) is 55.1 Å². The van der Waals surface area contributed by atoms with Gasteiger partial charge in [0.25, 0.3) is 0 Å². The highest BCUT2D eigenvalue weighted by molar-refractivity contribution is 5.81. The maximum atomic E-state index is 11.3. The van der Waals surface area contributed by atoms with Crippen molar-refractivity contribution >= 4 is 5.97 Å². The number of hydrogen-bond donors (Lipinski definition) is 1. The highest BCUT2D eigenvalue weighted by Gasteiger charge is 2.09. The number of aliphatic hydroxyl groups is 1. The maximum Gasteiger partial charge on any atom is 0.330 e. The molecule has 26 heavy (non-hydrogen) atoms. The van der Waals surface area contributed by atoms with Gasteiger partial charge in [0.05, 0.1) is 13.2 Å². The molecule has 0 aromatic heterocycles. The summed E-state index contributed by atoms with van der Waals surface area (Å²) in [6.07, 6.45) is 3.92. The van der Waals surface area contributed by atoms with E-state index in [1.807, 2.05) is 18.2 Å². The van der Waals surface area contributed by atoms with Crippen LogP contribution >= 0.6 is 0 Å². The van der Waals surface area contributed by atoms with Crippen LogP contribution in [0, 0.1) is 0 Å². The SMILES string of the molecule is C=CC(=O)OCCc1cc(OCCO)ccc1-c1ccc(CCC)cc1. The first-order valence-corrected chi connectivity index (χ1v) is 8.93. The fourth-order valence-corrected chi connectivity index (χ4v) is 2.77. The molecule has 0 heterocycles. The Morgan fingerprint density at radius 3 is 2.54 bits per heavy atom. The first kappa shape index (κ1) is 19.7. The van der Waals surface area contributed by atoms with Gasteiger partial charge in [0.15, 0.2) is 0 Å². The molecule has 1 N–H and O–H groups in total. The molecular formula is C22H26O4. The molecule has 0 aliphatic rings. The second kappa shape index (κ2) is 10.4. The molecule has 2 rings (SSSR count). The molecule has 0 bridgehead atoms. The summed E-state index contributed by atoms with van der Waals surface area (Å²) in [5.41, 5.74) is 4.55. The number of ether oxygens (including phenoxy) is 2. The first-order chi connectivity index (χ1) is 12.7. The lowest BCUT2D eigenvalue weighted by Gasteiger charge is -2.13. The largest absolute Gasteiger partial charge is 0.491 e. The van der Waals surface area contributed by atoms with Gasteiger partial charge >= 0.3 is 5.97 Å². The summed E-state index contributed by atoms with van der Waals surface area (Å²) < 4.78 is 10.6. The normalized spacial score (nSPS) is 10.4. The van der Waals surface area contributed by atoms with Crippen molar-refractivity contribution in [1.29, 1.82) is 0 Å². The van der Waals surface area contributed by atoms with Crippen molar-refractivity contribution < 1.29 is 19.4 Å². The van der Waals surface area contributed by atoms with Gasteiger partial charge in [0.2, 0.25) is 0 Å². The second-order valence-electron chi connectivity index (χ2n) is 5.96. The second-order valence-corrected chi connectivity index (χ2v) is 5.96. The zero-order valence-electron chi connectivity index (χ0n) is 15.2. The Labute approximate surface area is 155 Å². The van der Waals surface area contributed by atoms with Gasteiger partial charge in [-0.15, -0.1) is 0 Å². The van der Waals surface area contributed by atoms with E-state index >= 15 is 0 Å². The van der Waals surface area contributed by atoms with Crippen LogP contribution in [0.2, 0.25) is 0 Å². The van der Waals surface area contributed by atoms with E-state index in [1.165, 1.54) is 5.56 Å². The summed E-state index contributed by atoms with van der Waals surface area (Å²) in [6, 6.07) is 14.4. The van der Waals surface area contributed by atoms with E-state index in [0.29, 0.717) is 12.2 Å². The summed E-state index contributed by atoms with van der Waals surface area (Å²) in [7, 11) is 0. The summed E-state index contributed by atoms with van der Waals surface area (Å²) in [5, 5.41) is 8.94. The van der Waals surface area contributed by atoms with Crippen molar-refractivity contribution in [3.05, 3.63) is 66.2 Å². The number of carbonyl (C=O) groups excluding carboxylic acids is 1. The Bertz CT molecular complexity index is 719. The fourth-order valence-electron chi connectivity index (χ4n) is 2.77. The number of esters is 1. The van der Waals surface area contributed by atoms with E-state index in [0.717, 1.165) is 35.6 Å². The zero-order chi connectivity index (χ0) is 18.8. The van der Waals surface area contributed by atoms with Crippen molar-refractivity contribution in [2.45, 2.75) is 26.2 Å². The Kier molecular flexibility index (Phi) is 7.90. The van der Waals surface area contributed by atoms with Crippen LogP contribution in [0.1, 0.15) is 24.5 Å². The van der Waals surface area contributed by atoms with Gasteiger partial charge in [-0.05, 0) is 40.8 Å². The Morgan fingerprint density at radius 2 is 1.88 bits per heavy atom. The van der Waals surface area contributed by atoms with Crippen LogP contribution in [0.3, 0.4) is 0 Å². The monoisotopic (exact) mass is 354 g/mol. The molecule has 2 aromatic carbocycles. The molecule has 0 radical (unpaired) electrons. The van der Waals surface area contributed by atoms with Gasteiger partial charge in [-0.25, -0.2) is 4.79 Å². The summed E-state index contributed by atoms with van der Waals surface area (Å²) >= 11 is 0. The lowest BCUT2D eigenvalue weighted by Crippen LogP contribution is -2.06. The molecule has 0 amide bonds. The van der Waals surface area contributed by atoms with Crippen LogP contribution in [-0.2, 0) is 22.4 Å². The average molecular weight is 354 g/mol. The molecular weight excluding hydrogens is 328 g/mol. The van der Waals surface area contributed by atoms with E-state index in [2.05, 4.69) is 37.8 Å². The molecule has 4 nitrogen and oxygen atoms in total. The van der Waals surface area contributed by atoms with Crippen LogP contribution < -0.4 is 4.74 Å². The van der Waals surface area contributed by atoms with Gasteiger partial charge < -0.3 is 14.6 Å². The van der Waals surface area contributed by atoms with Gasteiger partial charge in [-0.3, -0.25) is 0 Å². The number of aliphatic hydroxyl groups excluding tert-OH is 1. The fraction of sp³-hybridized carbons (Fsp3) is 0.318. The van der Waals surface area contributed by atoms with Crippen molar-refractivity contribution in [3.63, 3.8) is 0 Å². The van der Waals surface area contributed by atoms with Crippen molar-refractivity contribution in [2.75, 3.05) is 19.8 Å². The summed E-state index contributed by atoms with van der Waals surface area (Å²) in [4.78, 5) is 11.3. The van der Waals surface area contributed by atoms with Gasteiger partial charge in [-0.2, -0.15) is 0 Å². The first-order valence-electron chi connectivity index (χ1n) is 8.93. The Balaban J connectivity index is 2.24. The molecule has 0 atom stereocenters. The third-order valence-corrected chi connectivity index (χ3v) is 4.02. The van der Waals surface area contributed by atoms with E-state index in [-0.39, 0.29) is 19.8 Å². The smallest absolute Gasteiger partial charge is 0.330 e. The molecule has 0 spiro atoms. The number of hydrogen-bond acceptors (Lipinski definition) is 4. The number of aryl methyl sites for hydroxylation is 1. The third-order valence-electron chi connectivity index (χ3n) is 4.02. The van der Waals surface area contributed by atoms with Gasteiger partial charge in [-0.1, -0.05) is 50.3 Å². The zero-order valence-corrected chi connectivity index (χ0v) is 15.2. The minimum atomic E-state index is -0.428. The summed E-state index contributed by atoms with van der Waals surface area (Å²) in [5.74, 6) is 0.263. The van der Waals surface area contributed by atoms with Crippen LogP contribution in [-0.4, -0.2) is 30.9 Å². The number of benzene rings is 2. The van der Waals surface area contributed by atoms with E-state index in [4.69, 9.17) is 14.6 Å².